The molecular weight excluding hydrogens is 268 g/mol. The number of phenolic OH excluding ortho intramolecular Hbond substituents is 1. The van der Waals surface area contributed by atoms with Crippen LogP contribution in [-0.4, -0.2) is 29.4 Å². The Morgan fingerprint density at radius 1 is 1.25 bits per heavy atom. The zero-order valence-electron chi connectivity index (χ0n) is 9.06. The Bertz CT molecular complexity index is 387. The molecule has 0 aromatic heterocycles. The van der Waals surface area contributed by atoms with Crippen LogP contribution >= 0.6 is 15.9 Å². The number of hydrogen-bond donors (Lipinski definition) is 1. The maximum atomic E-state index is 9.36. The van der Waals surface area contributed by atoms with Crippen LogP contribution in [0.25, 0.3) is 0 Å². The van der Waals surface area contributed by atoms with Crippen molar-refractivity contribution < 1.29 is 5.11 Å². The smallest absolute Gasteiger partial charge is 0.129 e. The predicted molar refractivity (Wildman–Crippen MR) is 68.8 cm³/mol. The van der Waals surface area contributed by atoms with E-state index in [1.54, 1.807) is 6.07 Å². The maximum absolute atomic E-state index is 9.36. The molecule has 0 unspecified atom stereocenters. The average Bonchev–Trinajstić information content (AvgIpc) is 2.32. The summed E-state index contributed by atoms with van der Waals surface area (Å²) in [5, 5.41) is 15.9. The summed E-state index contributed by atoms with van der Waals surface area (Å²) in [5.41, 5.74) is 0.996. The Morgan fingerprint density at radius 3 is 2.69 bits per heavy atom. The number of hydrazone groups is 1. The van der Waals surface area contributed by atoms with Gasteiger partial charge in [0.1, 0.15) is 5.75 Å². The number of aromatic hydroxyl groups is 1. The first-order valence-electron chi connectivity index (χ1n) is 5.53. The van der Waals surface area contributed by atoms with Crippen LogP contribution in [0.4, 0.5) is 0 Å². The van der Waals surface area contributed by atoms with E-state index in [2.05, 4.69) is 26.0 Å². The van der Waals surface area contributed by atoms with Crippen LogP contribution in [0.1, 0.15) is 24.8 Å². The van der Waals surface area contributed by atoms with Crippen LogP contribution in [-0.2, 0) is 0 Å². The van der Waals surface area contributed by atoms with Crippen LogP contribution in [0, 0.1) is 0 Å². The molecule has 1 saturated heterocycles. The summed E-state index contributed by atoms with van der Waals surface area (Å²) in [6.07, 6.45) is 5.62. The van der Waals surface area contributed by atoms with Gasteiger partial charge in [0.2, 0.25) is 0 Å². The molecule has 1 heterocycles. The SMILES string of the molecule is Oc1ccc(/C=N/N2CCCCC2)cc1Br. The van der Waals surface area contributed by atoms with Crippen LogP contribution in [0.2, 0.25) is 0 Å². The number of benzene rings is 1. The third kappa shape index (κ3) is 2.98. The van der Waals surface area contributed by atoms with E-state index in [0.29, 0.717) is 4.47 Å². The number of hydrogen-bond acceptors (Lipinski definition) is 3. The van der Waals surface area contributed by atoms with Gasteiger partial charge in [0.05, 0.1) is 10.7 Å². The van der Waals surface area contributed by atoms with E-state index in [1.807, 2.05) is 18.3 Å². The summed E-state index contributed by atoms with van der Waals surface area (Å²) in [5.74, 6) is 0.259. The minimum Gasteiger partial charge on any atom is -0.507 e. The Morgan fingerprint density at radius 2 is 2.00 bits per heavy atom. The third-order valence-electron chi connectivity index (χ3n) is 2.67. The van der Waals surface area contributed by atoms with Crippen molar-refractivity contribution >= 4 is 22.1 Å². The highest BCUT2D eigenvalue weighted by molar-refractivity contribution is 9.10. The molecule has 0 bridgehead atoms. The van der Waals surface area contributed by atoms with Gasteiger partial charge in [-0.3, -0.25) is 5.01 Å². The van der Waals surface area contributed by atoms with Gasteiger partial charge in [-0.15, -0.1) is 0 Å². The van der Waals surface area contributed by atoms with Crippen LogP contribution in [0.3, 0.4) is 0 Å². The molecule has 1 fully saturated rings. The fourth-order valence-corrected chi connectivity index (χ4v) is 2.14. The largest absolute Gasteiger partial charge is 0.507 e. The fourth-order valence-electron chi connectivity index (χ4n) is 1.74. The molecule has 3 nitrogen and oxygen atoms in total. The molecule has 0 spiro atoms. The van der Waals surface area contributed by atoms with E-state index in [4.69, 9.17) is 0 Å². The number of halogens is 1. The first kappa shape index (κ1) is 11.5. The summed E-state index contributed by atoms with van der Waals surface area (Å²) < 4.78 is 0.704. The van der Waals surface area contributed by atoms with Crippen molar-refractivity contribution in [1.82, 2.24) is 5.01 Å². The molecule has 1 N–H and O–H groups in total. The Kier molecular flexibility index (Phi) is 3.83. The third-order valence-corrected chi connectivity index (χ3v) is 3.31. The summed E-state index contributed by atoms with van der Waals surface area (Å²) in [7, 11) is 0. The number of nitrogens with zero attached hydrogens (tertiary/aromatic N) is 2. The summed E-state index contributed by atoms with van der Waals surface area (Å²) in [4.78, 5) is 0. The molecule has 1 aromatic carbocycles. The minimum atomic E-state index is 0.259. The second-order valence-electron chi connectivity index (χ2n) is 3.97. The van der Waals surface area contributed by atoms with Gasteiger partial charge in [-0.1, -0.05) is 0 Å². The molecule has 4 heteroatoms. The summed E-state index contributed by atoms with van der Waals surface area (Å²) in [6.45, 7) is 2.10. The zero-order valence-corrected chi connectivity index (χ0v) is 10.7. The van der Waals surface area contributed by atoms with Gasteiger partial charge in [-0.2, -0.15) is 5.10 Å². The van der Waals surface area contributed by atoms with Crippen LogP contribution in [0.5, 0.6) is 5.75 Å². The van der Waals surface area contributed by atoms with E-state index < -0.39 is 0 Å². The molecule has 1 aromatic rings. The van der Waals surface area contributed by atoms with Crippen LogP contribution in [0.15, 0.2) is 27.8 Å². The molecule has 0 atom stereocenters. The van der Waals surface area contributed by atoms with Gasteiger partial charge < -0.3 is 5.11 Å². The quantitative estimate of drug-likeness (QED) is 0.847. The maximum Gasteiger partial charge on any atom is 0.129 e. The lowest BCUT2D eigenvalue weighted by Gasteiger charge is -2.23. The standard InChI is InChI=1S/C12H15BrN2O/c13-11-8-10(4-5-12(11)16)9-14-15-6-2-1-3-7-15/h4-5,8-9,16H,1-3,6-7H2/b14-9+. The monoisotopic (exact) mass is 282 g/mol. The topological polar surface area (TPSA) is 35.8 Å². The highest BCUT2D eigenvalue weighted by Gasteiger charge is 2.06. The highest BCUT2D eigenvalue weighted by Crippen LogP contribution is 2.23. The van der Waals surface area contributed by atoms with Crippen LogP contribution < -0.4 is 0 Å². The molecular formula is C12H15BrN2O. The normalized spacial score (nSPS) is 16.9. The molecule has 2 rings (SSSR count). The lowest BCUT2D eigenvalue weighted by atomic mass is 10.2. The molecule has 0 aliphatic carbocycles. The molecule has 16 heavy (non-hydrogen) atoms. The summed E-state index contributed by atoms with van der Waals surface area (Å²) in [6, 6.07) is 5.39. The van der Waals surface area contributed by atoms with Gasteiger partial charge in [-0.25, -0.2) is 0 Å². The zero-order chi connectivity index (χ0) is 11.4. The van der Waals surface area contributed by atoms with E-state index in [1.165, 1.54) is 19.3 Å². The Hall–Kier alpha value is -1.03. The second-order valence-corrected chi connectivity index (χ2v) is 4.82. The van der Waals surface area contributed by atoms with Crippen molar-refractivity contribution in [3.8, 4) is 5.75 Å². The minimum absolute atomic E-state index is 0.259. The van der Waals surface area contributed by atoms with Crippen molar-refractivity contribution in [1.29, 1.82) is 0 Å². The van der Waals surface area contributed by atoms with E-state index >= 15 is 0 Å². The van der Waals surface area contributed by atoms with Gasteiger partial charge >= 0.3 is 0 Å². The molecule has 1 aliphatic rings. The second kappa shape index (κ2) is 5.34. The highest BCUT2D eigenvalue weighted by atomic mass is 79.9. The molecule has 86 valence electrons. The average molecular weight is 283 g/mol. The molecule has 0 amide bonds. The summed E-state index contributed by atoms with van der Waals surface area (Å²) >= 11 is 3.29. The van der Waals surface area contributed by atoms with Crippen molar-refractivity contribution in [3.05, 3.63) is 28.2 Å². The van der Waals surface area contributed by atoms with E-state index in [9.17, 15) is 5.11 Å². The molecule has 0 saturated carbocycles. The van der Waals surface area contributed by atoms with Gasteiger partial charge in [0, 0.05) is 13.1 Å². The van der Waals surface area contributed by atoms with Gasteiger partial charge in [0.15, 0.2) is 0 Å². The number of piperidine rings is 1. The fraction of sp³-hybridized carbons (Fsp3) is 0.417. The van der Waals surface area contributed by atoms with Crippen molar-refractivity contribution in [2.24, 2.45) is 5.10 Å². The predicted octanol–water partition coefficient (Wildman–Crippen LogP) is 2.97. The van der Waals surface area contributed by atoms with E-state index in [-0.39, 0.29) is 5.75 Å². The number of phenols is 1. The number of rotatable bonds is 2. The lowest BCUT2D eigenvalue weighted by molar-refractivity contribution is 0.240. The van der Waals surface area contributed by atoms with Crippen molar-refractivity contribution in [2.45, 2.75) is 19.3 Å². The lowest BCUT2D eigenvalue weighted by Crippen LogP contribution is -2.24. The first-order chi connectivity index (χ1) is 7.75. The van der Waals surface area contributed by atoms with Crippen molar-refractivity contribution in [2.75, 3.05) is 13.1 Å². The first-order valence-corrected chi connectivity index (χ1v) is 6.32. The van der Waals surface area contributed by atoms with Gasteiger partial charge in [0.25, 0.3) is 0 Å². The van der Waals surface area contributed by atoms with Crippen molar-refractivity contribution in [3.63, 3.8) is 0 Å². The van der Waals surface area contributed by atoms with Gasteiger partial charge in [-0.05, 0) is 59.0 Å². The van der Waals surface area contributed by atoms with E-state index in [0.717, 1.165) is 18.7 Å². The Labute approximate surface area is 104 Å². The Balaban J connectivity index is 2.02. The molecule has 0 radical (unpaired) electrons. The molecule has 1 aliphatic heterocycles.